The molecule has 4 heteroatoms. The highest BCUT2D eigenvalue weighted by Gasteiger charge is 2.43. The van der Waals surface area contributed by atoms with Crippen LogP contribution in [0.25, 0.3) is 0 Å². The van der Waals surface area contributed by atoms with Gasteiger partial charge in [0, 0.05) is 12.1 Å². The lowest BCUT2D eigenvalue weighted by molar-refractivity contribution is -0.139. The molecule has 2 aliphatic heterocycles. The minimum absolute atomic E-state index is 0.0955. The lowest BCUT2D eigenvalue weighted by Gasteiger charge is -2.38. The molecule has 0 saturated carbocycles. The van der Waals surface area contributed by atoms with E-state index >= 15 is 0 Å². The lowest BCUT2D eigenvalue weighted by atomic mass is 9.97. The number of nitrogens with zero attached hydrogens (tertiary/aromatic N) is 1. The number of hydrogen-bond donors (Lipinski definition) is 2. The third kappa shape index (κ3) is 2.63. The summed E-state index contributed by atoms with van der Waals surface area (Å²) in [5, 5.41) is 9.70. The first-order chi connectivity index (χ1) is 7.99. The van der Waals surface area contributed by atoms with Gasteiger partial charge in [-0.1, -0.05) is 13.8 Å². The smallest absolute Gasteiger partial charge is 0.239 e. The summed E-state index contributed by atoms with van der Waals surface area (Å²) in [7, 11) is 0. The first-order valence-corrected chi connectivity index (χ1v) is 6.75. The predicted octanol–water partition coefficient (Wildman–Crippen LogP) is 0.874. The van der Waals surface area contributed by atoms with Crippen LogP contribution in [0.3, 0.4) is 0 Å². The molecule has 0 aromatic carbocycles. The van der Waals surface area contributed by atoms with Crippen molar-refractivity contribution in [3.8, 4) is 0 Å². The average Bonchev–Trinajstić information content (AvgIpc) is 2.49. The Bertz CT molecular complexity index is 279. The van der Waals surface area contributed by atoms with E-state index in [1.807, 2.05) is 4.90 Å². The number of aliphatic hydroxyl groups excluding tert-OH is 1. The van der Waals surface area contributed by atoms with Gasteiger partial charge in [-0.15, -0.1) is 0 Å². The Morgan fingerprint density at radius 2 is 1.88 bits per heavy atom. The van der Waals surface area contributed by atoms with Crippen molar-refractivity contribution >= 4 is 5.91 Å². The van der Waals surface area contributed by atoms with E-state index in [1.54, 1.807) is 0 Å². The summed E-state index contributed by atoms with van der Waals surface area (Å²) in [6.07, 6.45) is 4.05. The first-order valence-electron chi connectivity index (χ1n) is 6.75. The van der Waals surface area contributed by atoms with Crippen LogP contribution in [0.15, 0.2) is 0 Å². The maximum Gasteiger partial charge on any atom is 0.239 e. The Morgan fingerprint density at radius 1 is 1.35 bits per heavy atom. The van der Waals surface area contributed by atoms with E-state index in [-0.39, 0.29) is 30.1 Å². The van der Waals surface area contributed by atoms with Gasteiger partial charge in [0.05, 0.1) is 12.1 Å². The van der Waals surface area contributed by atoms with Gasteiger partial charge in [0.15, 0.2) is 0 Å². The Morgan fingerprint density at radius 3 is 2.35 bits per heavy atom. The zero-order chi connectivity index (χ0) is 12.6. The van der Waals surface area contributed by atoms with Crippen LogP contribution in [0.2, 0.25) is 0 Å². The summed E-state index contributed by atoms with van der Waals surface area (Å²) >= 11 is 0. The molecule has 0 radical (unpaired) electrons. The maximum absolute atomic E-state index is 12.3. The van der Waals surface area contributed by atoms with Gasteiger partial charge in [0.25, 0.3) is 0 Å². The van der Waals surface area contributed by atoms with Crippen molar-refractivity contribution in [1.29, 1.82) is 0 Å². The summed E-state index contributed by atoms with van der Waals surface area (Å²) in [6.45, 7) is 4.17. The second-order valence-corrected chi connectivity index (χ2v) is 5.99. The van der Waals surface area contributed by atoms with E-state index in [9.17, 15) is 9.90 Å². The number of rotatable bonds is 3. The van der Waals surface area contributed by atoms with Crippen LogP contribution in [0.5, 0.6) is 0 Å². The molecule has 1 amide bonds. The maximum atomic E-state index is 12.3. The zero-order valence-corrected chi connectivity index (χ0v) is 10.8. The highest BCUT2D eigenvalue weighted by atomic mass is 16.3. The highest BCUT2D eigenvalue weighted by Crippen LogP contribution is 2.36. The second-order valence-electron chi connectivity index (χ2n) is 5.99. The zero-order valence-electron chi connectivity index (χ0n) is 10.8. The number of nitrogens with two attached hydrogens (primary N) is 1. The molecule has 0 aromatic heterocycles. The third-order valence-electron chi connectivity index (χ3n) is 4.01. The molecule has 4 nitrogen and oxygen atoms in total. The second kappa shape index (κ2) is 4.94. The topological polar surface area (TPSA) is 66.6 Å². The number of fused-ring (bicyclic) bond motifs is 2. The van der Waals surface area contributed by atoms with Crippen molar-refractivity contribution in [3.05, 3.63) is 0 Å². The first kappa shape index (κ1) is 12.8. The van der Waals surface area contributed by atoms with Crippen molar-refractivity contribution < 1.29 is 9.90 Å². The van der Waals surface area contributed by atoms with E-state index in [0.29, 0.717) is 5.92 Å². The minimum atomic E-state index is -0.367. The normalized spacial score (nSPS) is 34.2. The lowest BCUT2D eigenvalue weighted by Crippen LogP contribution is -2.53. The molecule has 2 fully saturated rings. The average molecular weight is 240 g/mol. The predicted molar refractivity (Wildman–Crippen MR) is 66.3 cm³/mol. The van der Waals surface area contributed by atoms with Crippen LogP contribution in [-0.4, -0.2) is 40.1 Å². The molecule has 2 bridgehead atoms. The largest absolute Gasteiger partial charge is 0.393 e. The van der Waals surface area contributed by atoms with Crippen LogP contribution >= 0.6 is 0 Å². The van der Waals surface area contributed by atoms with Crippen molar-refractivity contribution in [2.24, 2.45) is 11.7 Å². The number of carbonyl (C=O) groups excluding carboxylic acids is 1. The van der Waals surface area contributed by atoms with Gasteiger partial charge >= 0.3 is 0 Å². The van der Waals surface area contributed by atoms with E-state index in [4.69, 9.17) is 5.73 Å². The van der Waals surface area contributed by atoms with Crippen LogP contribution in [0.4, 0.5) is 0 Å². The van der Waals surface area contributed by atoms with E-state index in [1.165, 1.54) is 0 Å². The monoisotopic (exact) mass is 240 g/mol. The fraction of sp³-hybridized carbons (Fsp3) is 0.923. The molecule has 3 atom stereocenters. The molecule has 0 aliphatic carbocycles. The molecule has 2 saturated heterocycles. The van der Waals surface area contributed by atoms with Crippen LogP contribution in [0, 0.1) is 5.92 Å². The summed E-state index contributed by atoms with van der Waals surface area (Å²) in [6, 6.07) is 0.0947. The van der Waals surface area contributed by atoms with Gasteiger partial charge in [-0.3, -0.25) is 4.79 Å². The number of carbonyl (C=O) groups is 1. The molecule has 17 heavy (non-hydrogen) atoms. The molecule has 2 aliphatic rings. The van der Waals surface area contributed by atoms with E-state index in [2.05, 4.69) is 13.8 Å². The van der Waals surface area contributed by atoms with Gasteiger partial charge in [-0.05, 0) is 38.0 Å². The van der Waals surface area contributed by atoms with Crippen molar-refractivity contribution in [2.45, 2.75) is 70.2 Å². The van der Waals surface area contributed by atoms with E-state index < -0.39 is 0 Å². The molecule has 3 N–H and O–H groups in total. The quantitative estimate of drug-likeness (QED) is 0.769. The molecule has 98 valence electrons. The molecule has 2 heterocycles. The minimum Gasteiger partial charge on any atom is -0.393 e. The van der Waals surface area contributed by atoms with Gasteiger partial charge < -0.3 is 15.7 Å². The molecule has 0 aromatic rings. The summed E-state index contributed by atoms with van der Waals surface area (Å²) in [5.41, 5.74) is 5.98. The van der Waals surface area contributed by atoms with Crippen LogP contribution < -0.4 is 5.73 Å². The van der Waals surface area contributed by atoms with E-state index in [0.717, 1.165) is 32.1 Å². The molecule has 0 spiro atoms. The fourth-order valence-electron chi connectivity index (χ4n) is 3.31. The van der Waals surface area contributed by atoms with Crippen molar-refractivity contribution in [3.63, 3.8) is 0 Å². The van der Waals surface area contributed by atoms with Gasteiger partial charge in [0.2, 0.25) is 5.91 Å². The van der Waals surface area contributed by atoms with Crippen LogP contribution in [0.1, 0.15) is 46.0 Å². The number of piperidine rings is 1. The fourth-order valence-corrected chi connectivity index (χ4v) is 3.31. The van der Waals surface area contributed by atoms with Gasteiger partial charge in [0.1, 0.15) is 0 Å². The number of aliphatic hydroxyl groups is 1. The van der Waals surface area contributed by atoms with Crippen LogP contribution in [-0.2, 0) is 4.79 Å². The molecular formula is C13H24N2O2. The Kier molecular flexibility index (Phi) is 3.73. The summed E-state index contributed by atoms with van der Waals surface area (Å²) < 4.78 is 0. The van der Waals surface area contributed by atoms with Gasteiger partial charge in [-0.2, -0.15) is 0 Å². The standard InChI is InChI=1S/C13H24N2O2/c1-8(2)5-12(14)13(17)15-9-3-4-10(15)7-11(16)6-9/h8-12,16H,3-7,14H2,1-2H3/t9?,10?,11?,12-/m1/s1. The van der Waals surface area contributed by atoms with Crippen molar-refractivity contribution in [2.75, 3.05) is 0 Å². The Hall–Kier alpha value is -0.610. The highest BCUT2D eigenvalue weighted by molar-refractivity contribution is 5.82. The Balaban J connectivity index is 2.01. The summed E-state index contributed by atoms with van der Waals surface area (Å²) in [5.74, 6) is 0.542. The Labute approximate surface area is 103 Å². The molecular weight excluding hydrogens is 216 g/mol. The third-order valence-corrected chi connectivity index (χ3v) is 4.01. The molecule has 2 rings (SSSR count). The van der Waals surface area contributed by atoms with Crippen molar-refractivity contribution in [1.82, 2.24) is 4.90 Å². The number of hydrogen-bond acceptors (Lipinski definition) is 3. The SMILES string of the molecule is CC(C)C[C@@H](N)C(=O)N1C2CCC1CC(O)C2. The number of amides is 1. The molecule has 2 unspecified atom stereocenters. The van der Waals surface area contributed by atoms with Gasteiger partial charge in [-0.25, -0.2) is 0 Å². The summed E-state index contributed by atoms with van der Waals surface area (Å²) in [4.78, 5) is 14.3.